The topological polar surface area (TPSA) is 64.6 Å². The smallest absolute Gasteiger partial charge is 0.150 e. The highest BCUT2D eigenvalue weighted by molar-refractivity contribution is 7.91. The number of halogens is 1. The Morgan fingerprint density at radius 1 is 1.00 bits per heavy atom. The summed E-state index contributed by atoms with van der Waals surface area (Å²) in [6.07, 6.45) is 1.00. The molecule has 0 radical (unpaired) electrons. The molecule has 7 heteroatoms. The number of aryl methyl sites for hydroxylation is 1. The number of ether oxygens (including phenoxy) is 2. The zero-order valence-electron chi connectivity index (χ0n) is 15.7. The average Bonchev–Trinajstić information content (AvgIpc) is 2.67. The van der Waals surface area contributed by atoms with Crippen LogP contribution in [-0.4, -0.2) is 40.7 Å². The number of benzene rings is 2. The molecule has 2 aromatic rings. The van der Waals surface area contributed by atoms with Crippen molar-refractivity contribution in [1.29, 1.82) is 0 Å². The Balaban J connectivity index is 1.74. The molecule has 0 aliphatic rings. The van der Waals surface area contributed by atoms with Crippen molar-refractivity contribution in [3.8, 4) is 11.5 Å². The van der Waals surface area contributed by atoms with E-state index in [2.05, 4.69) is 5.32 Å². The van der Waals surface area contributed by atoms with Crippen molar-refractivity contribution in [3.05, 3.63) is 58.6 Å². The predicted molar refractivity (Wildman–Crippen MR) is 110 cm³/mol. The lowest BCUT2D eigenvalue weighted by Crippen LogP contribution is -2.20. The molecule has 5 nitrogen and oxygen atoms in total. The van der Waals surface area contributed by atoms with Gasteiger partial charge in [-0.2, -0.15) is 0 Å². The molecule has 0 amide bonds. The van der Waals surface area contributed by atoms with E-state index in [9.17, 15) is 8.42 Å². The fourth-order valence-electron chi connectivity index (χ4n) is 2.68. The van der Waals surface area contributed by atoms with Gasteiger partial charge in [0.05, 0.1) is 25.7 Å². The highest BCUT2D eigenvalue weighted by atomic mass is 35.5. The van der Waals surface area contributed by atoms with Gasteiger partial charge in [0.25, 0.3) is 0 Å². The molecule has 0 atom stereocenters. The van der Waals surface area contributed by atoms with Crippen LogP contribution in [0.2, 0.25) is 5.02 Å². The maximum absolute atomic E-state index is 12.3. The minimum absolute atomic E-state index is 0.104. The van der Waals surface area contributed by atoms with Crippen molar-refractivity contribution in [2.24, 2.45) is 0 Å². The van der Waals surface area contributed by atoms with Gasteiger partial charge in [0.1, 0.15) is 11.5 Å². The minimum Gasteiger partial charge on any atom is -0.497 e. The van der Waals surface area contributed by atoms with E-state index in [-0.39, 0.29) is 11.5 Å². The summed E-state index contributed by atoms with van der Waals surface area (Å²) in [5, 5.41) is 3.96. The highest BCUT2D eigenvalue weighted by Gasteiger charge is 2.13. The Morgan fingerprint density at radius 3 is 2.41 bits per heavy atom. The Bertz CT molecular complexity index is 822. The molecular weight excluding hydrogens is 386 g/mol. The summed E-state index contributed by atoms with van der Waals surface area (Å²) in [4.78, 5) is 0. The van der Waals surface area contributed by atoms with Gasteiger partial charge in [-0.15, -0.1) is 0 Å². The third-order valence-corrected chi connectivity index (χ3v) is 6.22. The van der Waals surface area contributed by atoms with E-state index >= 15 is 0 Å². The number of methoxy groups -OCH3 is 2. The zero-order valence-corrected chi connectivity index (χ0v) is 17.3. The van der Waals surface area contributed by atoms with Crippen LogP contribution in [0.4, 0.5) is 0 Å². The van der Waals surface area contributed by atoms with Crippen LogP contribution in [0.25, 0.3) is 0 Å². The number of rotatable bonds is 11. The van der Waals surface area contributed by atoms with E-state index in [1.54, 1.807) is 20.3 Å². The summed E-state index contributed by atoms with van der Waals surface area (Å²) in [6, 6.07) is 13.0. The van der Waals surface area contributed by atoms with Crippen LogP contribution >= 0.6 is 11.6 Å². The van der Waals surface area contributed by atoms with Crippen molar-refractivity contribution < 1.29 is 17.9 Å². The maximum atomic E-state index is 12.3. The van der Waals surface area contributed by atoms with E-state index in [1.807, 2.05) is 36.4 Å². The van der Waals surface area contributed by atoms with Gasteiger partial charge >= 0.3 is 0 Å². The lowest BCUT2D eigenvalue weighted by atomic mass is 10.1. The van der Waals surface area contributed by atoms with Gasteiger partial charge in [0.2, 0.25) is 0 Å². The molecule has 2 rings (SSSR count). The molecule has 2 aromatic carbocycles. The molecule has 0 saturated heterocycles. The monoisotopic (exact) mass is 411 g/mol. The second-order valence-corrected chi connectivity index (χ2v) is 8.98. The largest absolute Gasteiger partial charge is 0.497 e. The highest BCUT2D eigenvalue weighted by Crippen LogP contribution is 2.25. The van der Waals surface area contributed by atoms with Crippen LogP contribution in [0.3, 0.4) is 0 Å². The van der Waals surface area contributed by atoms with E-state index < -0.39 is 9.84 Å². The Morgan fingerprint density at radius 2 is 1.74 bits per heavy atom. The Labute approximate surface area is 166 Å². The quantitative estimate of drug-likeness (QED) is 0.573. The Kier molecular flexibility index (Phi) is 8.41. The Hall–Kier alpha value is -1.76. The summed E-state index contributed by atoms with van der Waals surface area (Å²) in [5.74, 6) is 1.60. The first-order valence-electron chi connectivity index (χ1n) is 8.80. The molecule has 0 aliphatic carbocycles. The van der Waals surface area contributed by atoms with Crippen molar-refractivity contribution in [1.82, 2.24) is 5.32 Å². The molecular formula is C20H26ClNO4S. The van der Waals surface area contributed by atoms with Gasteiger partial charge in [-0.3, -0.25) is 0 Å². The molecule has 0 saturated carbocycles. The van der Waals surface area contributed by atoms with Crippen LogP contribution in [0, 0.1) is 0 Å². The average molecular weight is 412 g/mol. The molecule has 0 spiro atoms. The van der Waals surface area contributed by atoms with Gasteiger partial charge in [-0.25, -0.2) is 8.42 Å². The summed E-state index contributed by atoms with van der Waals surface area (Å²) in [5.41, 5.74) is 1.98. The maximum Gasteiger partial charge on any atom is 0.150 e. The molecule has 0 bridgehead atoms. The predicted octanol–water partition coefficient (Wildman–Crippen LogP) is 3.49. The summed E-state index contributed by atoms with van der Waals surface area (Å²) in [6.45, 7) is 1.34. The number of hydrogen-bond donors (Lipinski definition) is 1. The lowest BCUT2D eigenvalue weighted by Gasteiger charge is -2.11. The second-order valence-electron chi connectivity index (χ2n) is 6.24. The summed E-state index contributed by atoms with van der Waals surface area (Å²) in [7, 11) is 0.0364. The molecule has 0 aromatic heterocycles. The van der Waals surface area contributed by atoms with Crippen molar-refractivity contribution in [2.45, 2.75) is 19.4 Å². The van der Waals surface area contributed by atoms with Crippen LogP contribution in [0.1, 0.15) is 17.5 Å². The van der Waals surface area contributed by atoms with Gasteiger partial charge in [0.15, 0.2) is 9.84 Å². The molecule has 148 valence electrons. The fraction of sp³-hybridized carbons (Fsp3) is 0.400. The lowest BCUT2D eigenvalue weighted by molar-refractivity contribution is 0.391. The number of hydrogen-bond acceptors (Lipinski definition) is 5. The van der Waals surface area contributed by atoms with Crippen molar-refractivity contribution in [3.63, 3.8) is 0 Å². The third-order valence-electron chi connectivity index (χ3n) is 4.23. The number of nitrogens with one attached hydrogen (secondary N) is 1. The standard InChI is InChI=1S/C20H26ClNO4S/c1-25-19-9-6-17(20(14-19)26-2)10-13-27(23,24)12-3-11-22-15-16-4-7-18(21)8-5-16/h4-9,14,22H,3,10-13,15H2,1-2H3. The second kappa shape index (κ2) is 10.5. The molecule has 1 N–H and O–H groups in total. The third kappa shape index (κ3) is 7.40. The summed E-state index contributed by atoms with van der Waals surface area (Å²) >= 11 is 5.85. The molecule has 0 aliphatic heterocycles. The van der Waals surface area contributed by atoms with Gasteiger partial charge < -0.3 is 14.8 Å². The summed E-state index contributed by atoms with van der Waals surface area (Å²) < 4.78 is 35.1. The van der Waals surface area contributed by atoms with Crippen molar-refractivity contribution in [2.75, 3.05) is 32.3 Å². The van der Waals surface area contributed by atoms with Gasteiger partial charge in [0, 0.05) is 17.6 Å². The molecule has 0 fully saturated rings. The van der Waals surface area contributed by atoms with Gasteiger partial charge in [-0.05, 0) is 48.7 Å². The van der Waals surface area contributed by atoms with E-state index in [0.29, 0.717) is 42.5 Å². The molecule has 27 heavy (non-hydrogen) atoms. The van der Waals surface area contributed by atoms with Crippen LogP contribution in [-0.2, 0) is 22.8 Å². The first kappa shape index (κ1) is 21.5. The first-order valence-corrected chi connectivity index (χ1v) is 11.0. The van der Waals surface area contributed by atoms with E-state index in [1.165, 1.54) is 0 Å². The SMILES string of the molecule is COc1ccc(CCS(=O)(=O)CCCNCc2ccc(Cl)cc2)c(OC)c1. The first-order chi connectivity index (χ1) is 12.9. The van der Waals surface area contributed by atoms with Crippen molar-refractivity contribution >= 4 is 21.4 Å². The van der Waals surface area contributed by atoms with Gasteiger partial charge in [-0.1, -0.05) is 29.8 Å². The molecule has 0 heterocycles. The fourth-order valence-corrected chi connectivity index (χ4v) is 4.12. The van der Waals surface area contributed by atoms with E-state index in [0.717, 1.165) is 11.1 Å². The molecule has 0 unspecified atom stereocenters. The van der Waals surface area contributed by atoms with E-state index in [4.69, 9.17) is 21.1 Å². The normalized spacial score (nSPS) is 11.4. The minimum atomic E-state index is -3.12. The van der Waals surface area contributed by atoms with Crippen LogP contribution in [0.5, 0.6) is 11.5 Å². The van der Waals surface area contributed by atoms with Crippen LogP contribution in [0.15, 0.2) is 42.5 Å². The zero-order chi connectivity index (χ0) is 19.7. The van der Waals surface area contributed by atoms with Crippen LogP contribution < -0.4 is 14.8 Å². The number of sulfone groups is 1.